The van der Waals surface area contributed by atoms with Gasteiger partial charge in [-0.2, -0.15) is 11.8 Å². The van der Waals surface area contributed by atoms with Crippen molar-refractivity contribution >= 4 is 11.8 Å². The highest BCUT2D eigenvalue weighted by molar-refractivity contribution is 7.99. The number of thioether (sulfide) groups is 1. The first-order chi connectivity index (χ1) is 13.4. The second-order valence-corrected chi connectivity index (χ2v) is 8.15. The maximum Gasteiger partial charge on any atom is 0.187 e. The Balaban J connectivity index is 2.14. The average Bonchev–Trinajstić information content (AvgIpc) is 2.70. The molecule has 7 N–H and O–H groups in total. The molecular formula is C17H33NO9S. The Morgan fingerprint density at radius 3 is 2.18 bits per heavy atom. The maximum absolute atomic E-state index is 10.6. The summed E-state index contributed by atoms with van der Waals surface area (Å²) in [5.74, 6) is 0.610. The van der Waals surface area contributed by atoms with E-state index in [2.05, 4.69) is 0 Å². The summed E-state index contributed by atoms with van der Waals surface area (Å²) in [7, 11) is 1.35. The minimum absolute atomic E-state index is 0.351. The van der Waals surface area contributed by atoms with Crippen LogP contribution in [0.2, 0.25) is 0 Å². The molecule has 2 aliphatic rings. The number of rotatable bonds is 9. The van der Waals surface area contributed by atoms with Crippen molar-refractivity contribution in [2.45, 2.75) is 68.7 Å². The van der Waals surface area contributed by atoms with Crippen molar-refractivity contribution in [1.29, 1.82) is 0 Å². The fraction of sp³-hybridized carbons (Fsp3) is 1.00. The van der Waals surface area contributed by atoms with Gasteiger partial charge in [0.2, 0.25) is 0 Å². The maximum atomic E-state index is 10.6. The Labute approximate surface area is 168 Å². The largest absolute Gasteiger partial charge is 0.394 e. The first kappa shape index (κ1) is 24.2. The van der Waals surface area contributed by atoms with Crippen LogP contribution in [0.1, 0.15) is 13.3 Å². The quantitative estimate of drug-likeness (QED) is 0.218. The Bertz CT molecular complexity index is 460. The van der Waals surface area contributed by atoms with Crippen molar-refractivity contribution in [2.24, 2.45) is 11.7 Å². The standard InChI is InChI=1S/C17H33NO9S/c1-3-8-9(6-19)25-17(13(22)11(8)20)27-15-10(7-28-5-4-18)26-16(24-2)14(23)12(15)21/h8-17,19-23H,3-7,18H2,1-2H3/t8?,9?,10?,11?,12?,13?,14?,15?,16-,17+/m1/s1. The van der Waals surface area contributed by atoms with E-state index in [9.17, 15) is 25.5 Å². The van der Waals surface area contributed by atoms with Crippen LogP contribution in [0.5, 0.6) is 0 Å². The molecule has 166 valence electrons. The molecule has 28 heavy (non-hydrogen) atoms. The normalized spacial score (nSPS) is 44.6. The Morgan fingerprint density at radius 2 is 1.61 bits per heavy atom. The number of ether oxygens (including phenoxy) is 4. The third-order valence-corrected chi connectivity index (χ3v) is 6.30. The topological polar surface area (TPSA) is 164 Å². The van der Waals surface area contributed by atoms with Crippen molar-refractivity contribution in [2.75, 3.05) is 31.8 Å². The summed E-state index contributed by atoms with van der Waals surface area (Å²) in [4.78, 5) is 0. The first-order valence-electron chi connectivity index (χ1n) is 9.49. The molecule has 10 nitrogen and oxygen atoms in total. The lowest BCUT2D eigenvalue weighted by molar-refractivity contribution is -0.349. The molecule has 0 aromatic heterocycles. The second-order valence-electron chi connectivity index (χ2n) is 7.00. The summed E-state index contributed by atoms with van der Waals surface area (Å²) in [6, 6.07) is 0. The van der Waals surface area contributed by atoms with Gasteiger partial charge in [0.25, 0.3) is 0 Å². The van der Waals surface area contributed by atoms with E-state index in [1.165, 1.54) is 18.9 Å². The van der Waals surface area contributed by atoms with Crippen LogP contribution in [0, 0.1) is 5.92 Å². The molecule has 0 aliphatic carbocycles. The highest BCUT2D eigenvalue weighted by Gasteiger charge is 2.50. The van der Waals surface area contributed by atoms with Crippen molar-refractivity contribution in [3.05, 3.63) is 0 Å². The minimum Gasteiger partial charge on any atom is -0.394 e. The zero-order valence-electron chi connectivity index (χ0n) is 16.2. The minimum atomic E-state index is -1.38. The van der Waals surface area contributed by atoms with Gasteiger partial charge in [-0.25, -0.2) is 0 Å². The molecule has 2 aliphatic heterocycles. The molecule has 0 saturated carbocycles. The smallest absolute Gasteiger partial charge is 0.187 e. The Hall–Kier alpha value is -0.0500. The van der Waals surface area contributed by atoms with Gasteiger partial charge >= 0.3 is 0 Å². The molecule has 0 aromatic carbocycles. The third-order valence-electron chi connectivity index (χ3n) is 5.21. The van der Waals surface area contributed by atoms with Gasteiger partial charge in [0.05, 0.1) is 24.9 Å². The van der Waals surface area contributed by atoms with Crippen molar-refractivity contribution < 1.29 is 44.5 Å². The summed E-state index contributed by atoms with van der Waals surface area (Å²) in [6.07, 6.45) is -9.56. The summed E-state index contributed by atoms with van der Waals surface area (Å²) in [5, 5.41) is 51.1. The number of methoxy groups -OCH3 is 1. The fourth-order valence-electron chi connectivity index (χ4n) is 3.62. The van der Waals surface area contributed by atoms with Gasteiger partial charge in [0.1, 0.15) is 24.4 Å². The van der Waals surface area contributed by atoms with Crippen LogP contribution >= 0.6 is 11.8 Å². The lowest BCUT2D eigenvalue weighted by Gasteiger charge is -2.46. The number of aliphatic hydroxyl groups is 5. The predicted molar refractivity (Wildman–Crippen MR) is 100 cm³/mol. The number of aliphatic hydroxyl groups excluding tert-OH is 5. The summed E-state index contributed by atoms with van der Waals surface area (Å²) in [5.41, 5.74) is 5.51. The lowest BCUT2D eigenvalue weighted by atomic mass is 9.87. The number of nitrogens with two attached hydrogens (primary N) is 1. The number of hydrogen-bond donors (Lipinski definition) is 6. The monoisotopic (exact) mass is 427 g/mol. The van der Waals surface area contributed by atoms with Crippen LogP contribution in [-0.2, 0) is 18.9 Å². The summed E-state index contributed by atoms with van der Waals surface area (Å²) in [6.45, 7) is 1.93. The van der Waals surface area contributed by atoms with Gasteiger partial charge in [0.15, 0.2) is 12.6 Å². The van der Waals surface area contributed by atoms with E-state index in [4.69, 9.17) is 24.7 Å². The predicted octanol–water partition coefficient (Wildman–Crippen LogP) is -2.38. The van der Waals surface area contributed by atoms with Gasteiger partial charge in [-0.3, -0.25) is 0 Å². The Morgan fingerprint density at radius 1 is 0.964 bits per heavy atom. The van der Waals surface area contributed by atoms with Gasteiger partial charge in [-0.15, -0.1) is 0 Å². The first-order valence-corrected chi connectivity index (χ1v) is 10.6. The fourth-order valence-corrected chi connectivity index (χ4v) is 4.46. The molecule has 11 heteroatoms. The zero-order chi connectivity index (χ0) is 20.8. The summed E-state index contributed by atoms with van der Waals surface area (Å²) >= 11 is 1.48. The SMILES string of the molecule is CCC1C(CO)O[C@@H](OC2C(CSCCN)O[C@@H](OC)C(O)C2O)C(O)C1O. The van der Waals surface area contributed by atoms with E-state index in [1.54, 1.807) is 0 Å². The van der Waals surface area contributed by atoms with Crippen LogP contribution < -0.4 is 5.73 Å². The highest BCUT2D eigenvalue weighted by Crippen LogP contribution is 2.33. The van der Waals surface area contributed by atoms with E-state index in [0.29, 0.717) is 24.5 Å². The van der Waals surface area contributed by atoms with E-state index in [-0.39, 0.29) is 6.61 Å². The second kappa shape index (κ2) is 11.4. The average molecular weight is 428 g/mol. The van der Waals surface area contributed by atoms with E-state index >= 15 is 0 Å². The Kier molecular flexibility index (Phi) is 9.84. The van der Waals surface area contributed by atoms with Crippen LogP contribution in [0.15, 0.2) is 0 Å². The zero-order valence-corrected chi connectivity index (χ0v) is 17.0. The van der Waals surface area contributed by atoms with E-state index in [0.717, 1.165) is 0 Å². The van der Waals surface area contributed by atoms with Crippen LogP contribution in [0.25, 0.3) is 0 Å². The lowest BCUT2D eigenvalue weighted by Crippen LogP contribution is -2.63. The number of hydrogen-bond acceptors (Lipinski definition) is 11. The molecule has 2 heterocycles. The molecule has 2 saturated heterocycles. The highest BCUT2D eigenvalue weighted by atomic mass is 32.2. The van der Waals surface area contributed by atoms with Gasteiger partial charge in [-0.1, -0.05) is 6.92 Å². The van der Waals surface area contributed by atoms with Gasteiger partial charge < -0.3 is 50.2 Å². The van der Waals surface area contributed by atoms with Crippen LogP contribution in [0.4, 0.5) is 0 Å². The van der Waals surface area contributed by atoms with Crippen molar-refractivity contribution in [3.63, 3.8) is 0 Å². The van der Waals surface area contributed by atoms with Gasteiger partial charge in [-0.05, 0) is 6.42 Å². The molecule has 8 unspecified atom stereocenters. The third kappa shape index (κ3) is 5.35. The molecule has 10 atom stereocenters. The van der Waals surface area contributed by atoms with Crippen LogP contribution in [-0.4, -0.2) is 113 Å². The molecule has 2 fully saturated rings. The molecule has 2 rings (SSSR count). The van der Waals surface area contributed by atoms with Crippen molar-refractivity contribution in [1.82, 2.24) is 0 Å². The molecule has 0 bridgehead atoms. The van der Waals surface area contributed by atoms with E-state index < -0.39 is 61.2 Å². The molecular weight excluding hydrogens is 394 g/mol. The molecule has 0 amide bonds. The molecule has 0 aromatic rings. The molecule has 0 radical (unpaired) electrons. The van der Waals surface area contributed by atoms with E-state index in [1.807, 2.05) is 6.92 Å². The molecule has 0 spiro atoms. The van der Waals surface area contributed by atoms with Crippen molar-refractivity contribution in [3.8, 4) is 0 Å². The van der Waals surface area contributed by atoms with Crippen LogP contribution in [0.3, 0.4) is 0 Å². The van der Waals surface area contributed by atoms with Gasteiger partial charge in [0, 0.05) is 31.1 Å². The summed E-state index contributed by atoms with van der Waals surface area (Å²) < 4.78 is 22.2.